The zero-order valence-corrected chi connectivity index (χ0v) is 8.96. The van der Waals surface area contributed by atoms with Crippen molar-refractivity contribution in [3.05, 3.63) is 11.1 Å². The molecule has 0 bridgehead atoms. The molecule has 0 aromatic carbocycles. The first kappa shape index (κ1) is 9.89. The molecule has 1 fully saturated rings. The summed E-state index contributed by atoms with van der Waals surface area (Å²) in [5.41, 5.74) is 0.742. The minimum Gasteiger partial charge on any atom is -0.390 e. The molecule has 1 aliphatic heterocycles. The van der Waals surface area contributed by atoms with Gasteiger partial charge in [-0.3, -0.25) is 0 Å². The number of nitrogens with zero attached hydrogens (tertiary/aromatic N) is 2. The molecule has 5 heteroatoms. The molecule has 1 saturated heterocycles. The van der Waals surface area contributed by atoms with Crippen molar-refractivity contribution < 1.29 is 9.84 Å². The second-order valence-electron chi connectivity index (χ2n) is 3.31. The average Bonchev–Trinajstić information content (AvgIpc) is 2.85. The number of hydrogen-bond acceptors (Lipinski definition) is 5. The van der Waals surface area contributed by atoms with Crippen LogP contribution in [0.25, 0.3) is 0 Å². The average molecular weight is 214 g/mol. The Kier molecular flexibility index (Phi) is 3.00. The summed E-state index contributed by atoms with van der Waals surface area (Å²) in [6.07, 6.45) is 2.37. The topological polar surface area (TPSA) is 45.6 Å². The van der Waals surface area contributed by atoms with Crippen LogP contribution in [-0.4, -0.2) is 30.0 Å². The van der Waals surface area contributed by atoms with Crippen LogP contribution < -0.4 is 4.90 Å². The van der Waals surface area contributed by atoms with Gasteiger partial charge in [0.15, 0.2) is 5.13 Å². The van der Waals surface area contributed by atoms with E-state index in [-0.39, 0.29) is 12.8 Å². The molecule has 1 N–H and O–H groups in total. The number of methoxy groups -OCH3 is 1. The lowest BCUT2D eigenvalue weighted by atomic mass is 10.4. The lowest BCUT2D eigenvalue weighted by molar-refractivity contribution is 0.111. The minimum absolute atomic E-state index is 0.0159. The lowest BCUT2D eigenvalue weighted by Crippen LogP contribution is -2.30. The van der Waals surface area contributed by atoms with E-state index in [0.717, 1.165) is 30.2 Å². The first-order valence-corrected chi connectivity index (χ1v) is 5.58. The fourth-order valence-corrected chi connectivity index (χ4v) is 2.58. The summed E-state index contributed by atoms with van der Waals surface area (Å²) in [5.74, 6) is 0. The third kappa shape index (κ3) is 1.75. The van der Waals surface area contributed by atoms with Crippen LogP contribution >= 0.6 is 11.3 Å². The molecule has 0 unspecified atom stereocenters. The molecule has 2 rings (SSSR count). The van der Waals surface area contributed by atoms with E-state index in [2.05, 4.69) is 9.88 Å². The second-order valence-corrected chi connectivity index (χ2v) is 4.14. The van der Waals surface area contributed by atoms with E-state index in [1.165, 1.54) is 0 Å². The Hall–Kier alpha value is -0.650. The van der Waals surface area contributed by atoms with Gasteiger partial charge in [-0.1, -0.05) is 0 Å². The van der Waals surface area contributed by atoms with E-state index >= 15 is 0 Å². The highest BCUT2D eigenvalue weighted by atomic mass is 32.1. The van der Waals surface area contributed by atoms with Crippen molar-refractivity contribution in [2.45, 2.75) is 25.7 Å². The molecule has 1 aromatic heterocycles. The Morgan fingerprint density at radius 3 is 3.29 bits per heavy atom. The van der Waals surface area contributed by atoms with Crippen molar-refractivity contribution in [1.82, 2.24) is 4.98 Å². The van der Waals surface area contributed by atoms with Gasteiger partial charge in [-0.2, -0.15) is 0 Å². The molecule has 0 spiro atoms. The highest BCUT2D eigenvalue weighted by Gasteiger charge is 2.26. The molecule has 0 saturated carbocycles. The molecule has 0 aliphatic carbocycles. The Morgan fingerprint density at radius 2 is 2.64 bits per heavy atom. The number of aliphatic hydroxyl groups excluding tert-OH is 1. The summed E-state index contributed by atoms with van der Waals surface area (Å²) in [4.78, 5) is 6.48. The van der Waals surface area contributed by atoms with Gasteiger partial charge in [0.2, 0.25) is 0 Å². The zero-order valence-electron chi connectivity index (χ0n) is 8.14. The summed E-state index contributed by atoms with van der Waals surface area (Å²) in [6.45, 7) is 1.01. The van der Waals surface area contributed by atoms with E-state index < -0.39 is 0 Å². The molecule has 1 aliphatic rings. The van der Waals surface area contributed by atoms with Crippen LogP contribution in [0.4, 0.5) is 5.13 Å². The maximum absolute atomic E-state index is 8.91. The highest BCUT2D eigenvalue weighted by Crippen LogP contribution is 2.28. The number of aliphatic hydroxyl groups is 1. The van der Waals surface area contributed by atoms with E-state index in [1.54, 1.807) is 18.4 Å². The van der Waals surface area contributed by atoms with Crippen LogP contribution in [-0.2, 0) is 11.3 Å². The van der Waals surface area contributed by atoms with Gasteiger partial charge < -0.3 is 14.7 Å². The van der Waals surface area contributed by atoms with Crippen molar-refractivity contribution in [3.8, 4) is 0 Å². The van der Waals surface area contributed by atoms with Gasteiger partial charge in [-0.25, -0.2) is 4.98 Å². The van der Waals surface area contributed by atoms with Crippen LogP contribution in [0, 0.1) is 0 Å². The molecule has 14 heavy (non-hydrogen) atoms. The van der Waals surface area contributed by atoms with Gasteiger partial charge in [-0.15, -0.1) is 11.3 Å². The Bertz CT molecular complexity index is 303. The van der Waals surface area contributed by atoms with Crippen molar-refractivity contribution in [3.63, 3.8) is 0 Å². The Morgan fingerprint density at radius 1 is 1.79 bits per heavy atom. The molecular weight excluding hydrogens is 200 g/mol. The standard InChI is InChI=1S/C9H14N2O2S/c1-13-8-3-2-4-11(8)9-10-7(5-12)6-14-9/h6,8,12H,2-5H2,1H3/t8-/m0/s1. The second kappa shape index (κ2) is 4.25. The third-order valence-electron chi connectivity index (χ3n) is 2.42. The summed E-state index contributed by atoms with van der Waals surface area (Å²) in [5, 5.41) is 11.8. The van der Waals surface area contributed by atoms with Gasteiger partial charge in [0, 0.05) is 19.0 Å². The number of rotatable bonds is 3. The van der Waals surface area contributed by atoms with Gasteiger partial charge in [0.05, 0.1) is 12.3 Å². The first-order chi connectivity index (χ1) is 6.85. The first-order valence-electron chi connectivity index (χ1n) is 4.70. The van der Waals surface area contributed by atoms with Crippen molar-refractivity contribution in [2.24, 2.45) is 0 Å². The number of aromatic nitrogens is 1. The smallest absolute Gasteiger partial charge is 0.187 e. The largest absolute Gasteiger partial charge is 0.390 e. The SMILES string of the molecule is CO[C@H]1CCCN1c1nc(CO)cs1. The maximum atomic E-state index is 8.91. The van der Waals surface area contributed by atoms with Crippen molar-refractivity contribution in [2.75, 3.05) is 18.6 Å². The molecule has 4 nitrogen and oxygen atoms in total. The van der Waals surface area contributed by atoms with Crippen LogP contribution in [0.15, 0.2) is 5.38 Å². The molecular formula is C9H14N2O2S. The van der Waals surface area contributed by atoms with Crippen LogP contribution in [0.5, 0.6) is 0 Å². The predicted molar refractivity (Wildman–Crippen MR) is 55.4 cm³/mol. The minimum atomic E-state index is 0.0159. The van der Waals surface area contributed by atoms with Crippen LogP contribution in [0.2, 0.25) is 0 Å². The fourth-order valence-electron chi connectivity index (χ4n) is 1.70. The zero-order chi connectivity index (χ0) is 9.97. The van der Waals surface area contributed by atoms with E-state index in [9.17, 15) is 0 Å². The quantitative estimate of drug-likeness (QED) is 0.821. The van der Waals surface area contributed by atoms with E-state index in [4.69, 9.17) is 9.84 Å². The van der Waals surface area contributed by atoms with Crippen molar-refractivity contribution >= 4 is 16.5 Å². The molecule has 1 atom stereocenters. The molecule has 78 valence electrons. The Balaban J connectivity index is 2.13. The van der Waals surface area contributed by atoms with E-state index in [0.29, 0.717) is 0 Å². The summed E-state index contributed by atoms with van der Waals surface area (Å²) in [7, 11) is 1.73. The molecule has 2 heterocycles. The van der Waals surface area contributed by atoms with E-state index in [1.807, 2.05) is 5.38 Å². The summed E-state index contributed by atoms with van der Waals surface area (Å²) < 4.78 is 5.35. The van der Waals surface area contributed by atoms with Crippen molar-refractivity contribution in [1.29, 1.82) is 0 Å². The summed E-state index contributed by atoms with van der Waals surface area (Å²) >= 11 is 1.57. The number of anilines is 1. The Labute approximate surface area is 87.1 Å². The number of hydrogen-bond donors (Lipinski definition) is 1. The van der Waals surface area contributed by atoms with Crippen LogP contribution in [0.1, 0.15) is 18.5 Å². The van der Waals surface area contributed by atoms with Crippen LogP contribution in [0.3, 0.4) is 0 Å². The monoisotopic (exact) mass is 214 g/mol. The fraction of sp³-hybridized carbons (Fsp3) is 0.667. The third-order valence-corrected chi connectivity index (χ3v) is 3.34. The van der Waals surface area contributed by atoms with Gasteiger partial charge in [-0.05, 0) is 12.8 Å². The number of thiazole rings is 1. The lowest BCUT2D eigenvalue weighted by Gasteiger charge is -2.22. The number of ether oxygens (including phenoxy) is 1. The molecule has 0 radical (unpaired) electrons. The molecule has 0 amide bonds. The molecule has 1 aromatic rings. The maximum Gasteiger partial charge on any atom is 0.187 e. The normalized spacial score (nSPS) is 21.9. The van der Waals surface area contributed by atoms with Gasteiger partial charge in [0.25, 0.3) is 0 Å². The van der Waals surface area contributed by atoms with Gasteiger partial charge in [0.1, 0.15) is 6.23 Å². The van der Waals surface area contributed by atoms with Gasteiger partial charge >= 0.3 is 0 Å². The predicted octanol–water partition coefficient (Wildman–Crippen LogP) is 1.21. The highest BCUT2D eigenvalue weighted by molar-refractivity contribution is 7.13. The summed E-state index contributed by atoms with van der Waals surface area (Å²) in [6, 6.07) is 0.